The molecule has 0 unspecified atom stereocenters. The number of benzene rings is 1. The number of nitrogens with zero attached hydrogens (tertiary/aromatic N) is 1. The van der Waals surface area contributed by atoms with Crippen LogP contribution in [0.4, 0.5) is 10.5 Å². The number of aromatic nitrogens is 1. The van der Waals surface area contributed by atoms with Gasteiger partial charge in [-0.2, -0.15) is 0 Å². The zero-order chi connectivity index (χ0) is 15.4. The summed E-state index contributed by atoms with van der Waals surface area (Å²) in [5.41, 5.74) is 0.492. The van der Waals surface area contributed by atoms with Crippen LogP contribution in [0.15, 0.2) is 28.9 Å². The normalized spacial score (nSPS) is 10.2. The molecule has 2 aromatic rings. The molecular weight excluding hydrogens is 358 g/mol. The van der Waals surface area contributed by atoms with Crippen LogP contribution in [0.5, 0.6) is 0 Å². The van der Waals surface area contributed by atoms with Gasteiger partial charge in [0.05, 0.1) is 17.8 Å². The van der Waals surface area contributed by atoms with E-state index in [4.69, 9.17) is 5.11 Å². The SMILES string of the molecule is Cc1cnc(CNC(=O)Nc2cc(C(=O)O)ccc2Br)s1. The Kier molecular flexibility index (Phi) is 4.92. The molecule has 0 aliphatic heterocycles. The second kappa shape index (κ2) is 6.68. The maximum absolute atomic E-state index is 11.8. The van der Waals surface area contributed by atoms with Crippen LogP contribution in [0, 0.1) is 6.92 Å². The highest BCUT2D eigenvalue weighted by Crippen LogP contribution is 2.23. The van der Waals surface area contributed by atoms with E-state index in [0.717, 1.165) is 9.88 Å². The van der Waals surface area contributed by atoms with Crippen LogP contribution in [0.3, 0.4) is 0 Å². The van der Waals surface area contributed by atoms with Crippen molar-refractivity contribution in [2.75, 3.05) is 5.32 Å². The van der Waals surface area contributed by atoms with Crippen LogP contribution < -0.4 is 10.6 Å². The molecule has 21 heavy (non-hydrogen) atoms. The molecule has 0 spiro atoms. The van der Waals surface area contributed by atoms with Gasteiger partial charge in [0, 0.05) is 15.5 Å². The van der Waals surface area contributed by atoms with Crippen LogP contribution in [-0.4, -0.2) is 22.1 Å². The van der Waals surface area contributed by atoms with Gasteiger partial charge in [0.25, 0.3) is 0 Å². The van der Waals surface area contributed by atoms with Gasteiger partial charge >= 0.3 is 12.0 Å². The van der Waals surface area contributed by atoms with Crippen molar-refractivity contribution in [2.45, 2.75) is 13.5 Å². The van der Waals surface area contributed by atoms with Crippen molar-refractivity contribution in [3.8, 4) is 0 Å². The van der Waals surface area contributed by atoms with Crippen molar-refractivity contribution in [1.29, 1.82) is 0 Å². The van der Waals surface area contributed by atoms with Gasteiger partial charge in [-0.3, -0.25) is 0 Å². The minimum atomic E-state index is -1.05. The van der Waals surface area contributed by atoms with Gasteiger partial charge in [-0.05, 0) is 41.1 Å². The first-order valence-corrected chi connectivity index (χ1v) is 7.55. The lowest BCUT2D eigenvalue weighted by Crippen LogP contribution is -2.28. The van der Waals surface area contributed by atoms with Crippen molar-refractivity contribution in [2.24, 2.45) is 0 Å². The predicted octanol–water partition coefficient (Wildman–Crippen LogP) is 3.23. The number of aromatic carboxylic acids is 1. The Balaban J connectivity index is 1.99. The highest BCUT2D eigenvalue weighted by atomic mass is 79.9. The summed E-state index contributed by atoms with van der Waals surface area (Å²) < 4.78 is 0.604. The summed E-state index contributed by atoms with van der Waals surface area (Å²) in [6.07, 6.45) is 1.74. The summed E-state index contributed by atoms with van der Waals surface area (Å²) in [7, 11) is 0. The molecule has 1 aromatic heterocycles. The van der Waals surface area contributed by atoms with E-state index in [0.29, 0.717) is 16.7 Å². The smallest absolute Gasteiger partial charge is 0.335 e. The molecule has 6 nitrogen and oxygen atoms in total. The average molecular weight is 370 g/mol. The van der Waals surface area contributed by atoms with Crippen LogP contribution in [-0.2, 0) is 6.54 Å². The summed E-state index contributed by atoms with van der Waals surface area (Å²) in [5, 5.41) is 15.0. The molecule has 2 rings (SSSR count). The molecule has 0 bridgehead atoms. The Labute approximate surface area is 133 Å². The third-order valence-corrected chi connectivity index (χ3v) is 4.14. The van der Waals surface area contributed by atoms with Crippen molar-refractivity contribution in [3.05, 3.63) is 44.3 Å². The second-order valence-corrected chi connectivity index (χ2v) is 6.35. The molecule has 2 amide bonds. The summed E-state index contributed by atoms with van der Waals surface area (Å²) >= 11 is 4.77. The van der Waals surface area contributed by atoms with Gasteiger partial charge in [0.1, 0.15) is 5.01 Å². The van der Waals surface area contributed by atoms with Crippen molar-refractivity contribution in [3.63, 3.8) is 0 Å². The van der Waals surface area contributed by atoms with Crippen LogP contribution in [0.25, 0.3) is 0 Å². The molecule has 0 aliphatic carbocycles. The van der Waals surface area contributed by atoms with E-state index in [2.05, 4.69) is 31.5 Å². The standard InChI is InChI=1S/C13H12BrN3O3S/c1-7-5-15-11(21-7)6-16-13(20)17-10-4-8(12(18)19)2-3-9(10)14/h2-5H,6H2,1H3,(H,18,19)(H2,16,17,20). The zero-order valence-corrected chi connectivity index (χ0v) is 13.4. The van der Waals surface area contributed by atoms with Gasteiger partial charge in [-0.1, -0.05) is 0 Å². The Morgan fingerprint density at radius 2 is 2.19 bits per heavy atom. The fourth-order valence-electron chi connectivity index (χ4n) is 1.56. The molecular formula is C13H12BrN3O3S. The van der Waals surface area contributed by atoms with E-state index in [1.165, 1.54) is 23.5 Å². The Morgan fingerprint density at radius 3 is 2.81 bits per heavy atom. The molecule has 110 valence electrons. The van der Waals surface area contributed by atoms with Gasteiger partial charge < -0.3 is 15.7 Å². The maximum atomic E-state index is 11.8. The number of nitrogens with one attached hydrogen (secondary N) is 2. The number of hydrogen-bond donors (Lipinski definition) is 3. The molecule has 1 heterocycles. The van der Waals surface area contributed by atoms with Crippen LogP contribution in [0.2, 0.25) is 0 Å². The van der Waals surface area contributed by atoms with Gasteiger partial charge in [0.2, 0.25) is 0 Å². The number of carboxylic acids is 1. The number of thiazole rings is 1. The largest absolute Gasteiger partial charge is 0.478 e. The molecule has 0 saturated heterocycles. The first-order chi connectivity index (χ1) is 9.95. The highest BCUT2D eigenvalue weighted by molar-refractivity contribution is 9.10. The summed E-state index contributed by atoms with van der Waals surface area (Å²) in [4.78, 5) is 27.9. The Morgan fingerprint density at radius 1 is 1.43 bits per heavy atom. The fourth-order valence-corrected chi connectivity index (χ4v) is 2.63. The lowest BCUT2D eigenvalue weighted by molar-refractivity contribution is 0.0697. The highest BCUT2D eigenvalue weighted by Gasteiger charge is 2.10. The molecule has 0 aliphatic rings. The quantitative estimate of drug-likeness (QED) is 0.771. The van der Waals surface area contributed by atoms with Gasteiger partial charge in [0.15, 0.2) is 0 Å². The van der Waals surface area contributed by atoms with Gasteiger partial charge in [-0.25, -0.2) is 14.6 Å². The summed E-state index contributed by atoms with van der Waals surface area (Å²) in [6, 6.07) is 3.99. The van der Waals surface area contributed by atoms with Crippen molar-refractivity contribution < 1.29 is 14.7 Å². The molecule has 0 saturated carbocycles. The van der Waals surface area contributed by atoms with E-state index >= 15 is 0 Å². The summed E-state index contributed by atoms with van der Waals surface area (Å²) in [5.74, 6) is -1.05. The minimum Gasteiger partial charge on any atom is -0.478 e. The Bertz CT molecular complexity index is 687. The maximum Gasteiger partial charge on any atom is 0.335 e. The molecule has 0 atom stereocenters. The van der Waals surface area contributed by atoms with E-state index in [9.17, 15) is 9.59 Å². The second-order valence-electron chi connectivity index (χ2n) is 4.17. The van der Waals surface area contributed by atoms with E-state index in [1.807, 2.05) is 6.92 Å². The number of hydrogen-bond acceptors (Lipinski definition) is 4. The number of urea groups is 1. The molecule has 3 N–H and O–H groups in total. The number of aryl methyl sites for hydroxylation is 1. The number of carbonyl (C=O) groups excluding carboxylic acids is 1. The predicted molar refractivity (Wildman–Crippen MR) is 83.8 cm³/mol. The van der Waals surface area contributed by atoms with Crippen LogP contribution >= 0.6 is 27.3 Å². The summed E-state index contributed by atoms with van der Waals surface area (Å²) in [6.45, 7) is 2.26. The lowest BCUT2D eigenvalue weighted by Gasteiger charge is -2.09. The third-order valence-electron chi connectivity index (χ3n) is 2.53. The first-order valence-electron chi connectivity index (χ1n) is 5.94. The monoisotopic (exact) mass is 369 g/mol. The van der Waals surface area contributed by atoms with Crippen LogP contribution in [0.1, 0.15) is 20.2 Å². The average Bonchev–Trinajstić information content (AvgIpc) is 2.84. The number of rotatable bonds is 4. The molecule has 0 fully saturated rings. The number of carbonyl (C=O) groups is 2. The fraction of sp³-hybridized carbons (Fsp3) is 0.154. The third kappa shape index (κ3) is 4.27. The number of amides is 2. The molecule has 1 aromatic carbocycles. The van der Waals surface area contributed by atoms with Gasteiger partial charge in [-0.15, -0.1) is 11.3 Å². The molecule has 0 radical (unpaired) electrons. The topological polar surface area (TPSA) is 91.3 Å². The Hall–Kier alpha value is -1.93. The minimum absolute atomic E-state index is 0.101. The number of halogens is 1. The van der Waals surface area contributed by atoms with Crippen molar-refractivity contribution >= 4 is 45.0 Å². The van der Waals surface area contributed by atoms with E-state index in [-0.39, 0.29) is 5.56 Å². The lowest BCUT2D eigenvalue weighted by atomic mass is 10.2. The number of carboxylic acid groups (broad SMARTS) is 1. The first kappa shape index (κ1) is 15.5. The molecule has 8 heteroatoms. The van der Waals surface area contributed by atoms with E-state index in [1.54, 1.807) is 12.3 Å². The van der Waals surface area contributed by atoms with E-state index < -0.39 is 12.0 Å². The zero-order valence-electron chi connectivity index (χ0n) is 11.0. The van der Waals surface area contributed by atoms with Crippen molar-refractivity contribution in [1.82, 2.24) is 10.3 Å². The number of anilines is 1.